The highest BCUT2D eigenvalue weighted by Crippen LogP contribution is 2.12. The molecule has 3 N–H and O–H groups in total. The predicted molar refractivity (Wildman–Crippen MR) is 76.2 cm³/mol. The largest absolute Gasteiger partial charge is 0.465 e. The summed E-state index contributed by atoms with van der Waals surface area (Å²) < 4.78 is 0. The number of nitriles is 1. The number of carboxylic acid groups (broad SMARTS) is 1. The van der Waals surface area contributed by atoms with Gasteiger partial charge in [0.2, 0.25) is 5.91 Å². The van der Waals surface area contributed by atoms with Gasteiger partial charge in [0, 0.05) is 11.5 Å². The Morgan fingerprint density at radius 2 is 2.05 bits per heavy atom. The molecule has 1 aromatic rings. The number of nitrogens with one attached hydrogen (secondary N) is 2. The number of carbonyl (C=O) groups excluding carboxylic acids is 1. The van der Waals surface area contributed by atoms with Gasteiger partial charge in [-0.05, 0) is 5.56 Å². The number of hydrogen-bond acceptors (Lipinski definition) is 4. The molecule has 20 heavy (non-hydrogen) atoms. The van der Waals surface area contributed by atoms with Crippen molar-refractivity contribution in [2.24, 2.45) is 0 Å². The van der Waals surface area contributed by atoms with Crippen LogP contribution in [0, 0.1) is 11.3 Å². The highest BCUT2D eigenvalue weighted by molar-refractivity contribution is 7.98. The number of amides is 2. The molecule has 0 heterocycles. The molecule has 6 nitrogen and oxygen atoms in total. The molecular weight excluding hydrogens is 278 g/mol. The van der Waals surface area contributed by atoms with Crippen LogP contribution >= 0.6 is 11.8 Å². The zero-order valence-electron chi connectivity index (χ0n) is 10.7. The minimum atomic E-state index is -1.26. The lowest BCUT2D eigenvalue weighted by Gasteiger charge is -2.15. The van der Waals surface area contributed by atoms with Gasteiger partial charge in [0.05, 0.1) is 6.07 Å². The van der Waals surface area contributed by atoms with E-state index in [9.17, 15) is 9.59 Å². The topological polar surface area (TPSA) is 102 Å². The Labute approximate surface area is 121 Å². The smallest absolute Gasteiger partial charge is 0.405 e. The Morgan fingerprint density at radius 1 is 1.35 bits per heavy atom. The summed E-state index contributed by atoms with van der Waals surface area (Å²) in [6, 6.07) is 10.6. The van der Waals surface area contributed by atoms with Gasteiger partial charge in [0.1, 0.15) is 12.6 Å². The standard InChI is InChI=1S/C13H15N3O3S/c14-6-7-15-12(17)11(16-13(18)19)9-20-8-10-4-2-1-3-5-10/h1-5,11,16H,7-9H2,(H,15,17)(H,18,19). The normalized spacial score (nSPS) is 11.2. The van der Waals surface area contributed by atoms with Crippen molar-refractivity contribution < 1.29 is 14.7 Å². The van der Waals surface area contributed by atoms with E-state index in [-0.39, 0.29) is 6.54 Å². The van der Waals surface area contributed by atoms with Gasteiger partial charge in [-0.1, -0.05) is 30.3 Å². The van der Waals surface area contributed by atoms with Gasteiger partial charge >= 0.3 is 6.09 Å². The Hall–Kier alpha value is -2.20. The van der Waals surface area contributed by atoms with Gasteiger partial charge < -0.3 is 15.7 Å². The minimum absolute atomic E-state index is 0.139. The van der Waals surface area contributed by atoms with E-state index in [0.29, 0.717) is 11.5 Å². The number of nitrogens with zero attached hydrogens (tertiary/aromatic N) is 1. The highest BCUT2D eigenvalue weighted by atomic mass is 32.2. The van der Waals surface area contributed by atoms with E-state index in [1.807, 2.05) is 30.3 Å². The highest BCUT2D eigenvalue weighted by Gasteiger charge is 2.19. The number of hydrogen-bond donors (Lipinski definition) is 3. The van der Waals surface area contributed by atoms with Crippen molar-refractivity contribution in [2.45, 2.75) is 11.8 Å². The first-order chi connectivity index (χ1) is 9.63. The summed E-state index contributed by atoms with van der Waals surface area (Å²) >= 11 is 1.45. The second kappa shape index (κ2) is 8.82. The lowest BCUT2D eigenvalue weighted by molar-refractivity contribution is -0.122. The fourth-order valence-electron chi connectivity index (χ4n) is 1.45. The monoisotopic (exact) mass is 293 g/mol. The number of benzene rings is 1. The molecule has 2 amide bonds. The molecule has 0 aliphatic carbocycles. The first-order valence-corrected chi connectivity index (χ1v) is 7.04. The summed E-state index contributed by atoms with van der Waals surface area (Å²) in [7, 11) is 0. The van der Waals surface area contributed by atoms with E-state index < -0.39 is 18.0 Å². The van der Waals surface area contributed by atoms with E-state index >= 15 is 0 Å². The fraction of sp³-hybridized carbons (Fsp3) is 0.308. The van der Waals surface area contributed by atoms with E-state index in [2.05, 4.69) is 10.6 Å². The minimum Gasteiger partial charge on any atom is -0.465 e. The van der Waals surface area contributed by atoms with E-state index in [4.69, 9.17) is 10.4 Å². The van der Waals surface area contributed by atoms with Crippen LogP contribution in [0.5, 0.6) is 0 Å². The van der Waals surface area contributed by atoms with Crippen molar-refractivity contribution in [2.75, 3.05) is 12.3 Å². The van der Waals surface area contributed by atoms with Crippen LogP contribution in [0.4, 0.5) is 4.79 Å². The molecule has 0 radical (unpaired) electrons. The summed E-state index contributed by atoms with van der Waals surface area (Å²) in [5.74, 6) is 0.498. The van der Waals surface area contributed by atoms with Crippen LogP contribution in [0.25, 0.3) is 0 Å². The molecule has 0 bridgehead atoms. The van der Waals surface area contributed by atoms with E-state index in [1.54, 1.807) is 6.07 Å². The zero-order valence-corrected chi connectivity index (χ0v) is 11.5. The molecule has 1 rings (SSSR count). The van der Waals surface area contributed by atoms with E-state index in [0.717, 1.165) is 5.56 Å². The van der Waals surface area contributed by atoms with Gasteiger partial charge in [-0.2, -0.15) is 17.0 Å². The average molecular weight is 293 g/mol. The predicted octanol–water partition coefficient (Wildman–Crippen LogP) is 1.20. The summed E-state index contributed by atoms with van der Waals surface area (Å²) in [6.07, 6.45) is -1.26. The molecule has 1 unspecified atom stereocenters. The number of carbonyl (C=O) groups is 2. The fourth-order valence-corrected chi connectivity index (χ4v) is 2.47. The first kappa shape index (κ1) is 15.9. The third kappa shape index (κ3) is 6.11. The summed E-state index contributed by atoms with van der Waals surface area (Å²) in [6.45, 7) is -0.139. The molecule has 1 aromatic carbocycles. The molecule has 0 aromatic heterocycles. The Kier molecular flexibility index (Phi) is 7.00. The quantitative estimate of drug-likeness (QED) is 0.655. The van der Waals surface area contributed by atoms with Gasteiger partial charge in [-0.25, -0.2) is 4.79 Å². The SMILES string of the molecule is N#CCNC(=O)C(CSCc1ccccc1)NC(=O)O. The van der Waals surface area contributed by atoms with Crippen molar-refractivity contribution in [3.63, 3.8) is 0 Å². The van der Waals surface area contributed by atoms with Crippen LogP contribution in [-0.2, 0) is 10.5 Å². The average Bonchev–Trinajstić information content (AvgIpc) is 2.44. The van der Waals surface area contributed by atoms with Gasteiger partial charge in [-0.3, -0.25) is 4.79 Å². The maximum atomic E-state index is 11.7. The lowest BCUT2D eigenvalue weighted by Crippen LogP contribution is -2.48. The Balaban J connectivity index is 2.46. The van der Waals surface area contributed by atoms with Crippen LogP contribution in [0.2, 0.25) is 0 Å². The molecule has 0 saturated carbocycles. The Bertz CT molecular complexity index is 487. The second-order valence-electron chi connectivity index (χ2n) is 3.88. The molecule has 0 aliphatic heterocycles. The van der Waals surface area contributed by atoms with Gasteiger partial charge in [-0.15, -0.1) is 0 Å². The van der Waals surface area contributed by atoms with Crippen LogP contribution in [0.3, 0.4) is 0 Å². The third-order valence-corrected chi connectivity index (χ3v) is 3.46. The molecular formula is C13H15N3O3S. The summed E-state index contributed by atoms with van der Waals surface area (Å²) in [5, 5.41) is 21.6. The molecule has 0 spiro atoms. The van der Waals surface area contributed by atoms with Gasteiger partial charge in [0.25, 0.3) is 0 Å². The van der Waals surface area contributed by atoms with Crippen LogP contribution < -0.4 is 10.6 Å². The van der Waals surface area contributed by atoms with Crippen molar-refractivity contribution in [1.29, 1.82) is 5.26 Å². The first-order valence-electron chi connectivity index (χ1n) is 5.89. The summed E-state index contributed by atoms with van der Waals surface area (Å²) in [5.41, 5.74) is 1.10. The zero-order chi connectivity index (χ0) is 14.8. The second-order valence-corrected chi connectivity index (χ2v) is 4.91. The molecule has 0 aliphatic rings. The Morgan fingerprint density at radius 3 is 2.65 bits per heavy atom. The van der Waals surface area contributed by atoms with Crippen molar-refractivity contribution in [3.8, 4) is 6.07 Å². The van der Waals surface area contributed by atoms with Crippen LogP contribution in [0.15, 0.2) is 30.3 Å². The van der Waals surface area contributed by atoms with Crippen molar-refractivity contribution in [1.82, 2.24) is 10.6 Å². The molecule has 0 saturated heterocycles. The van der Waals surface area contributed by atoms with Crippen LogP contribution in [-0.4, -0.2) is 35.4 Å². The molecule has 0 fully saturated rings. The van der Waals surface area contributed by atoms with Crippen molar-refractivity contribution >= 4 is 23.8 Å². The maximum absolute atomic E-state index is 11.7. The molecule has 106 valence electrons. The number of thioether (sulfide) groups is 1. The van der Waals surface area contributed by atoms with Crippen molar-refractivity contribution in [3.05, 3.63) is 35.9 Å². The molecule has 1 atom stereocenters. The van der Waals surface area contributed by atoms with Crippen LogP contribution in [0.1, 0.15) is 5.56 Å². The maximum Gasteiger partial charge on any atom is 0.405 e. The van der Waals surface area contributed by atoms with E-state index in [1.165, 1.54) is 11.8 Å². The molecule has 7 heteroatoms. The summed E-state index contributed by atoms with van der Waals surface area (Å²) in [4.78, 5) is 22.3. The number of rotatable bonds is 7. The third-order valence-electron chi connectivity index (χ3n) is 2.35. The van der Waals surface area contributed by atoms with Gasteiger partial charge in [0.15, 0.2) is 0 Å². The lowest BCUT2D eigenvalue weighted by atomic mass is 10.2.